The van der Waals surface area contributed by atoms with Crippen molar-refractivity contribution in [3.63, 3.8) is 0 Å². The fourth-order valence-electron chi connectivity index (χ4n) is 3.38. The number of hydrogen-bond acceptors (Lipinski definition) is 7. The van der Waals surface area contributed by atoms with Crippen LogP contribution in [0.5, 0.6) is 17.2 Å². The molecule has 2 aromatic carbocycles. The summed E-state index contributed by atoms with van der Waals surface area (Å²) >= 11 is 0. The zero-order chi connectivity index (χ0) is 24.1. The summed E-state index contributed by atoms with van der Waals surface area (Å²) in [6.07, 6.45) is 0. The maximum Gasteiger partial charge on any atom is 0.342 e. The van der Waals surface area contributed by atoms with Gasteiger partial charge in [0.25, 0.3) is 5.56 Å². The number of carboxylic acid groups (broad SMARTS) is 2. The monoisotopic (exact) mass is 454 g/mol. The minimum absolute atomic E-state index is 0.00934. The molecule has 0 spiro atoms. The molecule has 0 radical (unpaired) electrons. The average molecular weight is 454 g/mol. The molecule has 0 bridgehead atoms. The van der Waals surface area contributed by atoms with Crippen LogP contribution in [0.4, 0.5) is 5.82 Å². The Morgan fingerprint density at radius 2 is 1.61 bits per heavy atom. The lowest BCUT2D eigenvalue weighted by Gasteiger charge is -2.16. The van der Waals surface area contributed by atoms with Crippen molar-refractivity contribution in [3.8, 4) is 28.4 Å². The second-order valence-corrected chi connectivity index (χ2v) is 6.80. The van der Waals surface area contributed by atoms with Crippen LogP contribution in [0.15, 0.2) is 47.3 Å². The zero-order valence-electron chi connectivity index (χ0n) is 17.9. The fraction of sp³-hybridized carbons (Fsp3) is 0.174. The number of rotatable bonds is 9. The number of nitrogens with one attached hydrogen (secondary N) is 1. The van der Waals surface area contributed by atoms with Gasteiger partial charge in [0.15, 0.2) is 11.5 Å². The van der Waals surface area contributed by atoms with Crippen LogP contribution < -0.4 is 25.5 Å². The number of aromatic amines is 1. The van der Waals surface area contributed by atoms with E-state index in [0.717, 1.165) is 0 Å². The van der Waals surface area contributed by atoms with Crippen molar-refractivity contribution in [2.75, 3.05) is 19.5 Å². The molecule has 3 aromatic rings. The molecule has 0 fully saturated rings. The molecule has 0 aliphatic heterocycles. The summed E-state index contributed by atoms with van der Waals surface area (Å²) < 4.78 is 16.8. The van der Waals surface area contributed by atoms with Crippen molar-refractivity contribution in [2.24, 2.45) is 0 Å². The van der Waals surface area contributed by atoms with Crippen molar-refractivity contribution in [1.29, 1.82) is 0 Å². The van der Waals surface area contributed by atoms with Crippen LogP contribution >= 0.6 is 0 Å². The molecule has 5 N–H and O–H groups in total. The largest absolute Gasteiger partial charge is 0.496 e. The van der Waals surface area contributed by atoms with Crippen LogP contribution in [-0.4, -0.2) is 40.9 Å². The third kappa shape index (κ3) is 4.74. The van der Waals surface area contributed by atoms with Crippen molar-refractivity contribution in [1.82, 2.24) is 4.98 Å². The lowest BCUT2D eigenvalue weighted by atomic mass is 9.94. The first kappa shape index (κ1) is 23.2. The highest BCUT2D eigenvalue weighted by Crippen LogP contribution is 2.34. The molecule has 0 atom stereocenters. The van der Waals surface area contributed by atoms with Crippen molar-refractivity contribution in [2.45, 2.75) is 13.5 Å². The quantitative estimate of drug-likeness (QED) is 0.381. The van der Waals surface area contributed by atoms with Crippen LogP contribution in [0, 0.1) is 0 Å². The lowest BCUT2D eigenvalue weighted by molar-refractivity contribution is 0.0695. The number of nitrogens with two attached hydrogens (primary N) is 1. The number of H-pyrrole nitrogens is 1. The fourth-order valence-corrected chi connectivity index (χ4v) is 3.38. The number of para-hydroxylation sites is 2. The van der Waals surface area contributed by atoms with Gasteiger partial charge in [-0.15, -0.1) is 0 Å². The third-order valence-electron chi connectivity index (χ3n) is 4.77. The van der Waals surface area contributed by atoms with Gasteiger partial charge in [-0.3, -0.25) is 4.79 Å². The second-order valence-electron chi connectivity index (χ2n) is 6.80. The van der Waals surface area contributed by atoms with Gasteiger partial charge in [-0.25, -0.2) is 9.59 Å². The molecule has 0 aliphatic rings. The summed E-state index contributed by atoms with van der Waals surface area (Å²) in [5, 5.41) is 19.2. The van der Waals surface area contributed by atoms with E-state index in [2.05, 4.69) is 4.98 Å². The summed E-state index contributed by atoms with van der Waals surface area (Å²) in [6, 6.07) is 11.5. The number of carboxylic acids is 2. The number of pyridine rings is 1. The highest BCUT2D eigenvalue weighted by molar-refractivity contribution is 6.07. The number of nitrogen functional groups attached to an aromatic ring is 1. The van der Waals surface area contributed by atoms with Crippen LogP contribution in [0.1, 0.15) is 33.2 Å². The van der Waals surface area contributed by atoms with Gasteiger partial charge in [-0.2, -0.15) is 0 Å². The Bertz CT molecular complexity index is 1270. The second kappa shape index (κ2) is 9.77. The van der Waals surface area contributed by atoms with E-state index in [1.54, 1.807) is 24.3 Å². The predicted octanol–water partition coefficient (Wildman–Crippen LogP) is 3.01. The Labute approximate surface area is 188 Å². The van der Waals surface area contributed by atoms with E-state index in [1.165, 1.54) is 25.3 Å². The first-order valence-corrected chi connectivity index (χ1v) is 9.82. The van der Waals surface area contributed by atoms with Crippen LogP contribution in [0.25, 0.3) is 11.1 Å². The molecule has 0 saturated heterocycles. The maximum atomic E-state index is 12.3. The Hall–Kier alpha value is -4.47. The standard InChI is InChI=1S/C23H22N2O8/c1-3-32-15-6-4-5-7-16(15)33-11-13-10-12(8-9-14(13)31-2)17-18(22(27)28)20(24)25-21(26)19(17)23(29)30/h4-10H,3,11H2,1-2H3,(H,27,28)(H,29,30)(H3,24,25,26). The molecule has 0 aliphatic carbocycles. The summed E-state index contributed by atoms with van der Waals surface area (Å²) in [7, 11) is 1.45. The van der Waals surface area contributed by atoms with E-state index in [-0.39, 0.29) is 17.7 Å². The Kier molecular flexibility index (Phi) is 6.87. The molecule has 10 nitrogen and oxygen atoms in total. The Morgan fingerprint density at radius 1 is 0.970 bits per heavy atom. The van der Waals surface area contributed by atoms with Gasteiger partial charge in [-0.1, -0.05) is 18.2 Å². The van der Waals surface area contributed by atoms with E-state index >= 15 is 0 Å². The molecular formula is C23H22N2O8. The number of anilines is 1. The lowest BCUT2D eigenvalue weighted by Crippen LogP contribution is -2.24. The first-order valence-electron chi connectivity index (χ1n) is 9.82. The Morgan fingerprint density at radius 3 is 2.18 bits per heavy atom. The molecule has 1 aromatic heterocycles. The van der Waals surface area contributed by atoms with Gasteiger partial charge in [0, 0.05) is 11.1 Å². The highest BCUT2D eigenvalue weighted by atomic mass is 16.5. The third-order valence-corrected chi connectivity index (χ3v) is 4.77. The van der Waals surface area contributed by atoms with Gasteiger partial charge < -0.3 is 35.1 Å². The molecule has 0 amide bonds. The minimum Gasteiger partial charge on any atom is -0.496 e. The van der Waals surface area contributed by atoms with Gasteiger partial charge in [0.1, 0.15) is 29.3 Å². The number of benzene rings is 2. The first-order chi connectivity index (χ1) is 15.8. The summed E-state index contributed by atoms with van der Waals surface area (Å²) in [6.45, 7) is 2.28. The molecule has 33 heavy (non-hydrogen) atoms. The molecule has 10 heteroatoms. The van der Waals surface area contributed by atoms with E-state index in [9.17, 15) is 24.6 Å². The number of aromatic carboxylic acids is 2. The van der Waals surface area contributed by atoms with Crippen LogP contribution in [-0.2, 0) is 6.61 Å². The normalized spacial score (nSPS) is 10.5. The highest BCUT2D eigenvalue weighted by Gasteiger charge is 2.27. The predicted molar refractivity (Wildman–Crippen MR) is 119 cm³/mol. The number of hydrogen-bond donors (Lipinski definition) is 4. The molecule has 172 valence electrons. The van der Waals surface area contributed by atoms with Crippen molar-refractivity contribution < 1.29 is 34.0 Å². The maximum absolute atomic E-state index is 12.3. The van der Waals surface area contributed by atoms with Gasteiger partial charge in [0.05, 0.1) is 13.7 Å². The molecule has 3 rings (SSSR count). The van der Waals surface area contributed by atoms with Crippen molar-refractivity contribution in [3.05, 3.63) is 69.5 Å². The van der Waals surface area contributed by atoms with E-state index < -0.39 is 34.4 Å². The van der Waals surface area contributed by atoms with Crippen molar-refractivity contribution >= 4 is 17.8 Å². The van der Waals surface area contributed by atoms with Crippen LogP contribution in [0.2, 0.25) is 0 Å². The van der Waals surface area contributed by atoms with E-state index in [0.29, 0.717) is 29.4 Å². The van der Waals surface area contributed by atoms with Gasteiger partial charge >= 0.3 is 11.9 Å². The summed E-state index contributed by atoms with van der Waals surface area (Å²) in [5.41, 5.74) is 3.76. The number of methoxy groups -OCH3 is 1. The molecule has 1 heterocycles. The molecular weight excluding hydrogens is 432 g/mol. The smallest absolute Gasteiger partial charge is 0.342 e. The van der Waals surface area contributed by atoms with Gasteiger partial charge in [-0.05, 0) is 36.8 Å². The number of ether oxygens (including phenoxy) is 3. The minimum atomic E-state index is -1.59. The molecule has 0 unspecified atom stereocenters. The number of carbonyl (C=O) groups is 2. The SMILES string of the molecule is CCOc1ccccc1OCc1cc(-c2c(C(=O)O)c(N)[nH]c(=O)c2C(=O)O)ccc1OC. The zero-order valence-corrected chi connectivity index (χ0v) is 17.9. The summed E-state index contributed by atoms with van der Waals surface area (Å²) in [5.74, 6) is -2.09. The number of aromatic nitrogens is 1. The molecule has 0 saturated carbocycles. The van der Waals surface area contributed by atoms with Gasteiger partial charge in [0.2, 0.25) is 0 Å². The Balaban J connectivity index is 2.13. The topological polar surface area (TPSA) is 161 Å². The average Bonchev–Trinajstić information content (AvgIpc) is 2.77. The summed E-state index contributed by atoms with van der Waals surface area (Å²) in [4.78, 5) is 38.0. The van der Waals surface area contributed by atoms with Crippen LogP contribution in [0.3, 0.4) is 0 Å². The van der Waals surface area contributed by atoms with E-state index in [1.807, 2.05) is 6.92 Å². The van der Waals surface area contributed by atoms with E-state index in [4.69, 9.17) is 19.9 Å².